The monoisotopic (exact) mass is 349 g/mol. The van der Waals surface area contributed by atoms with Crippen LogP contribution < -0.4 is 10.9 Å². The van der Waals surface area contributed by atoms with Crippen LogP contribution in [0.15, 0.2) is 59.4 Å². The van der Waals surface area contributed by atoms with Gasteiger partial charge in [-0.15, -0.1) is 0 Å². The molecule has 2 aromatic heterocycles. The van der Waals surface area contributed by atoms with Crippen molar-refractivity contribution in [1.29, 1.82) is 0 Å². The Morgan fingerprint density at radius 2 is 1.92 bits per heavy atom. The van der Waals surface area contributed by atoms with E-state index < -0.39 is 0 Å². The van der Waals surface area contributed by atoms with E-state index in [1.54, 1.807) is 6.07 Å². The lowest BCUT2D eigenvalue weighted by Crippen LogP contribution is -2.29. The maximum absolute atomic E-state index is 12.6. The number of carbonyl (C=O) groups excluding carboxylic acids is 1. The molecule has 2 aromatic carbocycles. The van der Waals surface area contributed by atoms with Crippen LogP contribution in [0.4, 0.5) is 5.13 Å². The number of nitrogens with one attached hydrogen (secondary N) is 1. The van der Waals surface area contributed by atoms with Gasteiger partial charge in [-0.25, -0.2) is 4.98 Å². The molecule has 0 saturated heterocycles. The highest BCUT2D eigenvalue weighted by molar-refractivity contribution is 7.22. The van der Waals surface area contributed by atoms with E-state index in [1.807, 2.05) is 55.5 Å². The largest absolute Gasteiger partial charge is 0.303 e. The van der Waals surface area contributed by atoms with Crippen LogP contribution in [0.3, 0.4) is 0 Å². The molecule has 0 aliphatic rings. The Kier molecular flexibility index (Phi) is 3.82. The lowest BCUT2D eigenvalue weighted by molar-refractivity contribution is -0.116. The first-order valence-corrected chi connectivity index (χ1v) is 8.68. The molecule has 0 unspecified atom stereocenters. The van der Waals surface area contributed by atoms with Crippen LogP contribution in [0, 0.1) is 6.92 Å². The first kappa shape index (κ1) is 15.5. The number of hydrogen-bond acceptors (Lipinski definition) is 4. The summed E-state index contributed by atoms with van der Waals surface area (Å²) < 4.78 is 2.50. The summed E-state index contributed by atoms with van der Waals surface area (Å²) in [6.45, 7) is 1.80. The van der Waals surface area contributed by atoms with Crippen LogP contribution in [0.25, 0.3) is 21.0 Å². The molecule has 0 bridgehead atoms. The molecule has 4 rings (SSSR count). The van der Waals surface area contributed by atoms with Gasteiger partial charge in [0.25, 0.3) is 5.56 Å². The summed E-state index contributed by atoms with van der Waals surface area (Å²) in [4.78, 5) is 29.4. The number of aryl methyl sites for hydroxylation is 1. The molecule has 1 amide bonds. The van der Waals surface area contributed by atoms with E-state index in [1.165, 1.54) is 15.9 Å². The minimum absolute atomic E-state index is 0.0363. The summed E-state index contributed by atoms with van der Waals surface area (Å²) in [6, 6.07) is 17.0. The van der Waals surface area contributed by atoms with Gasteiger partial charge in [0.2, 0.25) is 5.91 Å². The van der Waals surface area contributed by atoms with Gasteiger partial charge in [-0.3, -0.25) is 9.59 Å². The zero-order chi connectivity index (χ0) is 17.4. The summed E-state index contributed by atoms with van der Waals surface area (Å²) in [5.74, 6) is -0.264. The highest BCUT2D eigenvalue weighted by Gasteiger charge is 2.12. The molecule has 0 fully saturated rings. The highest BCUT2D eigenvalue weighted by Crippen LogP contribution is 2.25. The van der Waals surface area contributed by atoms with Crippen LogP contribution in [-0.4, -0.2) is 15.5 Å². The Balaban J connectivity index is 1.62. The van der Waals surface area contributed by atoms with Crippen molar-refractivity contribution in [1.82, 2.24) is 9.55 Å². The predicted octanol–water partition coefficient (Wildman–Crippen LogP) is 3.56. The van der Waals surface area contributed by atoms with Crippen LogP contribution in [0.2, 0.25) is 0 Å². The third kappa shape index (κ3) is 2.92. The number of carbonyl (C=O) groups is 1. The fourth-order valence-corrected chi connectivity index (χ4v) is 3.73. The summed E-state index contributed by atoms with van der Waals surface area (Å²) in [7, 11) is 0. The number of pyridine rings is 1. The van der Waals surface area contributed by atoms with Gasteiger partial charge < -0.3 is 9.88 Å². The van der Waals surface area contributed by atoms with E-state index in [0.29, 0.717) is 10.5 Å². The van der Waals surface area contributed by atoms with E-state index in [-0.39, 0.29) is 18.0 Å². The fraction of sp³-hybridized carbons (Fsp3) is 0.105. The molecule has 2 heterocycles. The van der Waals surface area contributed by atoms with Crippen LogP contribution in [0.1, 0.15) is 5.69 Å². The zero-order valence-corrected chi connectivity index (χ0v) is 14.3. The highest BCUT2D eigenvalue weighted by atomic mass is 32.1. The lowest BCUT2D eigenvalue weighted by atomic mass is 10.1. The van der Waals surface area contributed by atoms with E-state index in [2.05, 4.69) is 10.3 Å². The van der Waals surface area contributed by atoms with E-state index in [4.69, 9.17) is 0 Å². The van der Waals surface area contributed by atoms with Gasteiger partial charge in [0.15, 0.2) is 5.13 Å². The van der Waals surface area contributed by atoms with Crippen LogP contribution in [-0.2, 0) is 11.3 Å². The Bertz CT molecular complexity index is 1130. The molecular formula is C19H15N3O2S. The van der Waals surface area contributed by atoms with Crippen molar-refractivity contribution in [2.75, 3.05) is 5.32 Å². The number of hydrogen-bond donors (Lipinski definition) is 1. The first-order chi connectivity index (χ1) is 12.1. The Morgan fingerprint density at radius 3 is 2.76 bits per heavy atom. The predicted molar refractivity (Wildman–Crippen MR) is 101 cm³/mol. The minimum atomic E-state index is -0.264. The second-order valence-electron chi connectivity index (χ2n) is 5.80. The molecule has 1 N–H and O–H groups in total. The van der Waals surface area contributed by atoms with E-state index >= 15 is 0 Å². The summed E-state index contributed by atoms with van der Waals surface area (Å²) in [5, 5.41) is 4.82. The van der Waals surface area contributed by atoms with Crippen molar-refractivity contribution in [3.63, 3.8) is 0 Å². The SMILES string of the molecule is Cc1cc2ccccc2c(=O)n1CC(=O)Nc1nc2ccccc2s1. The summed E-state index contributed by atoms with van der Waals surface area (Å²) in [6.07, 6.45) is 0. The average Bonchev–Trinajstić information content (AvgIpc) is 3.00. The standard InChI is InChI=1S/C19H15N3O2S/c1-12-10-13-6-2-3-7-14(13)18(24)22(12)11-17(23)21-19-20-15-8-4-5-9-16(15)25-19/h2-10H,11H2,1H3,(H,20,21,23). The van der Waals surface area contributed by atoms with Gasteiger partial charge >= 0.3 is 0 Å². The number of rotatable bonds is 3. The van der Waals surface area contributed by atoms with Crippen molar-refractivity contribution < 1.29 is 4.79 Å². The lowest BCUT2D eigenvalue weighted by Gasteiger charge is -2.11. The molecule has 25 heavy (non-hydrogen) atoms. The topological polar surface area (TPSA) is 64.0 Å². The number of thiazole rings is 1. The fourth-order valence-electron chi connectivity index (χ4n) is 2.85. The third-order valence-corrected chi connectivity index (χ3v) is 5.02. The summed E-state index contributed by atoms with van der Waals surface area (Å²) >= 11 is 1.42. The average molecular weight is 349 g/mol. The normalized spacial score (nSPS) is 11.1. The van der Waals surface area contributed by atoms with Crippen molar-refractivity contribution in [2.24, 2.45) is 0 Å². The number of amides is 1. The van der Waals surface area contributed by atoms with Gasteiger partial charge in [-0.1, -0.05) is 41.7 Å². The Morgan fingerprint density at radius 1 is 1.16 bits per heavy atom. The maximum atomic E-state index is 12.6. The molecule has 5 nitrogen and oxygen atoms in total. The number of nitrogens with zero attached hydrogens (tertiary/aromatic N) is 2. The molecule has 6 heteroatoms. The summed E-state index contributed by atoms with van der Waals surface area (Å²) in [5.41, 5.74) is 1.44. The van der Waals surface area contributed by atoms with Crippen LogP contribution in [0.5, 0.6) is 0 Å². The van der Waals surface area contributed by atoms with E-state index in [0.717, 1.165) is 21.3 Å². The maximum Gasteiger partial charge on any atom is 0.259 e. The van der Waals surface area contributed by atoms with Gasteiger partial charge in [0.1, 0.15) is 6.54 Å². The number of fused-ring (bicyclic) bond motifs is 2. The number of anilines is 1. The Labute approximate surface area is 147 Å². The second kappa shape index (κ2) is 6.14. The smallest absolute Gasteiger partial charge is 0.259 e. The first-order valence-electron chi connectivity index (χ1n) is 7.86. The zero-order valence-electron chi connectivity index (χ0n) is 13.5. The van der Waals surface area contributed by atoms with Crippen molar-refractivity contribution in [3.8, 4) is 0 Å². The van der Waals surface area contributed by atoms with E-state index in [9.17, 15) is 9.59 Å². The van der Waals surface area contributed by atoms with Gasteiger partial charge in [0.05, 0.1) is 10.2 Å². The van der Waals surface area contributed by atoms with Crippen molar-refractivity contribution in [3.05, 3.63) is 70.6 Å². The molecule has 0 saturated carbocycles. The molecule has 0 spiro atoms. The Hall–Kier alpha value is -2.99. The van der Waals surface area contributed by atoms with Crippen LogP contribution >= 0.6 is 11.3 Å². The molecule has 0 atom stereocenters. The molecule has 0 aliphatic heterocycles. The van der Waals surface area contributed by atoms with Gasteiger partial charge in [-0.05, 0) is 36.6 Å². The molecular weight excluding hydrogens is 334 g/mol. The van der Waals surface area contributed by atoms with Crippen molar-refractivity contribution in [2.45, 2.75) is 13.5 Å². The minimum Gasteiger partial charge on any atom is -0.303 e. The third-order valence-electron chi connectivity index (χ3n) is 4.07. The van der Waals surface area contributed by atoms with Crippen molar-refractivity contribution >= 4 is 43.4 Å². The molecule has 0 aliphatic carbocycles. The molecule has 124 valence electrons. The number of para-hydroxylation sites is 1. The van der Waals surface area contributed by atoms with Gasteiger partial charge in [-0.2, -0.15) is 0 Å². The molecule has 4 aromatic rings. The second-order valence-corrected chi connectivity index (χ2v) is 6.83. The van der Waals surface area contributed by atoms with Gasteiger partial charge in [0, 0.05) is 11.1 Å². The molecule has 0 radical (unpaired) electrons. The number of benzene rings is 2. The number of aromatic nitrogens is 2. The quantitative estimate of drug-likeness (QED) is 0.615.